The summed E-state index contributed by atoms with van der Waals surface area (Å²) in [7, 11) is 0. The molecule has 0 saturated heterocycles. The molecule has 130 valence electrons. The fourth-order valence-electron chi connectivity index (χ4n) is 2.82. The van der Waals surface area contributed by atoms with E-state index in [-0.39, 0.29) is 6.42 Å². The van der Waals surface area contributed by atoms with Crippen LogP contribution in [-0.4, -0.2) is 27.1 Å². The number of aliphatic carboxylic acids is 1. The molecule has 0 aliphatic rings. The second-order valence-electron chi connectivity index (χ2n) is 6.11. The number of imidazole rings is 1. The number of nitrogens with zero attached hydrogens (tertiary/aromatic N) is 2. The number of benzene rings is 1. The molecule has 1 N–H and O–H groups in total. The van der Waals surface area contributed by atoms with Gasteiger partial charge in [0.15, 0.2) is 0 Å². The molecule has 25 heavy (non-hydrogen) atoms. The number of aromatic nitrogens is 2. The summed E-state index contributed by atoms with van der Waals surface area (Å²) in [5.74, 6) is 0.0219. The zero-order valence-electron chi connectivity index (χ0n) is 14.5. The normalized spacial score (nSPS) is 11.0. The van der Waals surface area contributed by atoms with Crippen LogP contribution in [0.15, 0.2) is 42.6 Å². The standard InChI is InChI=1S/C20H22N2O3/c1-3-12-25-16-6-4-15(5-7-16)20-17(8-9-19(23)24)22-11-10-14(2)13-18(22)21-20/h4-7,10-11,13H,3,8-9,12H2,1-2H3,(H,23,24). The Bertz CT molecular complexity index is 882. The number of hydrogen-bond acceptors (Lipinski definition) is 3. The largest absolute Gasteiger partial charge is 0.494 e. The molecule has 0 atom stereocenters. The SMILES string of the molecule is CCCOc1ccc(-c2nc3cc(C)ccn3c2CCC(=O)O)cc1. The third-order valence-corrected chi connectivity index (χ3v) is 4.06. The molecular weight excluding hydrogens is 316 g/mol. The molecule has 0 saturated carbocycles. The molecule has 0 amide bonds. The first kappa shape index (κ1) is 17.0. The van der Waals surface area contributed by atoms with Gasteiger partial charge in [-0.1, -0.05) is 6.92 Å². The third-order valence-electron chi connectivity index (χ3n) is 4.06. The van der Waals surface area contributed by atoms with E-state index in [1.165, 1.54) is 0 Å². The van der Waals surface area contributed by atoms with Gasteiger partial charge in [-0.05, 0) is 55.3 Å². The second kappa shape index (κ2) is 7.38. The number of aryl methyl sites for hydroxylation is 2. The van der Waals surface area contributed by atoms with E-state index in [9.17, 15) is 4.79 Å². The van der Waals surface area contributed by atoms with Crippen molar-refractivity contribution in [3.63, 3.8) is 0 Å². The van der Waals surface area contributed by atoms with Crippen LogP contribution in [0.5, 0.6) is 5.75 Å². The Balaban J connectivity index is 2.01. The molecule has 0 aliphatic heterocycles. The Kier molecular flexibility index (Phi) is 5.03. The van der Waals surface area contributed by atoms with Gasteiger partial charge in [-0.15, -0.1) is 0 Å². The number of carbonyl (C=O) groups is 1. The molecule has 5 nitrogen and oxygen atoms in total. The lowest BCUT2D eigenvalue weighted by Crippen LogP contribution is -2.01. The molecule has 0 unspecified atom stereocenters. The van der Waals surface area contributed by atoms with Gasteiger partial charge in [-0.3, -0.25) is 4.79 Å². The van der Waals surface area contributed by atoms with Gasteiger partial charge in [0.2, 0.25) is 0 Å². The van der Waals surface area contributed by atoms with Gasteiger partial charge in [-0.25, -0.2) is 4.98 Å². The maximum atomic E-state index is 11.0. The van der Waals surface area contributed by atoms with E-state index in [2.05, 4.69) is 6.92 Å². The quantitative estimate of drug-likeness (QED) is 0.704. The number of carboxylic acid groups (broad SMARTS) is 1. The van der Waals surface area contributed by atoms with E-state index >= 15 is 0 Å². The van der Waals surface area contributed by atoms with E-state index in [1.54, 1.807) is 0 Å². The molecule has 0 fully saturated rings. The summed E-state index contributed by atoms with van der Waals surface area (Å²) < 4.78 is 7.61. The molecule has 0 bridgehead atoms. The van der Waals surface area contributed by atoms with Gasteiger partial charge in [0.05, 0.1) is 24.4 Å². The van der Waals surface area contributed by atoms with Gasteiger partial charge >= 0.3 is 5.97 Å². The predicted octanol–water partition coefficient (Wildman–Crippen LogP) is 4.12. The van der Waals surface area contributed by atoms with Crippen LogP contribution in [0.1, 0.15) is 31.0 Å². The van der Waals surface area contributed by atoms with E-state index in [0.717, 1.165) is 40.3 Å². The van der Waals surface area contributed by atoms with Crippen LogP contribution in [0, 0.1) is 6.92 Å². The molecule has 2 aromatic heterocycles. The molecule has 5 heteroatoms. The van der Waals surface area contributed by atoms with Crippen molar-refractivity contribution in [3.05, 3.63) is 53.9 Å². The fraction of sp³-hybridized carbons (Fsp3) is 0.300. The van der Waals surface area contributed by atoms with Crippen molar-refractivity contribution in [2.45, 2.75) is 33.1 Å². The van der Waals surface area contributed by atoms with Crippen LogP contribution in [-0.2, 0) is 11.2 Å². The van der Waals surface area contributed by atoms with E-state index in [0.29, 0.717) is 13.0 Å². The first-order valence-electron chi connectivity index (χ1n) is 8.51. The monoisotopic (exact) mass is 338 g/mol. The van der Waals surface area contributed by atoms with Crippen molar-refractivity contribution < 1.29 is 14.6 Å². The van der Waals surface area contributed by atoms with Crippen molar-refractivity contribution in [1.82, 2.24) is 9.38 Å². The average Bonchev–Trinajstić information content (AvgIpc) is 2.96. The Morgan fingerprint density at radius 3 is 2.68 bits per heavy atom. The van der Waals surface area contributed by atoms with Gasteiger partial charge in [-0.2, -0.15) is 0 Å². The minimum Gasteiger partial charge on any atom is -0.494 e. The van der Waals surface area contributed by atoms with Crippen molar-refractivity contribution in [2.24, 2.45) is 0 Å². The zero-order valence-corrected chi connectivity index (χ0v) is 14.5. The summed E-state index contributed by atoms with van der Waals surface area (Å²) in [6, 6.07) is 11.8. The summed E-state index contributed by atoms with van der Waals surface area (Å²) in [5.41, 5.74) is 4.66. The average molecular weight is 338 g/mol. The first-order chi connectivity index (χ1) is 12.1. The van der Waals surface area contributed by atoms with Crippen LogP contribution < -0.4 is 4.74 Å². The van der Waals surface area contributed by atoms with E-state index in [4.69, 9.17) is 14.8 Å². The third kappa shape index (κ3) is 3.82. The van der Waals surface area contributed by atoms with Crippen molar-refractivity contribution in [2.75, 3.05) is 6.61 Å². The van der Waals surface area contributed by atoms with Crippen molar-refractivity contribution in [1.29, 1.82) is 0 Å². The van der Waals surface area contributed by atoms with Crippen LogP contribution in [0.4, 0.5) is 0 Å². The molecule has 0 aliphatic carbocycles. The summed E-state index contributed by atoms with van der Waals surface area (Å²) >= 11 is 0. The number of fused-ring (bicyclic) bond motifs is 1. The highest BCUT2D eigenvalue weighted by molar-refractivity contribution is 5.70. The topological polar surface area (TPSA) is 63.8 Å². The zero-order chi connectivity index (χ0) is 17.8. The smallest absolute Gasteiger partial charge is 0.303 e. The highest BCUT2D eigenvalue weighted by atomic mass is 16.5. The lowest BCUT2D eigenvalue weighted by atomic mass is 10.1. The Morgan fingerprint density at radius 1 is 1.24 bits per heavy atom. The molecule has 3 aromatic rings. The molecule has 1 aromatic carbocycles. The first-order valence-corrected chi connectivity index (χ1v) is 8.51. The van der Waals surface area contributed by atoms with Crippen molar-refractivity contribution >= 4 is 11.6 Å². The molecular formula is C20H22N2O3. The van der Waals surface area contributed by atoms with Crippen LogP contribution in [0.3, 0.4) is 0 Å². The van der Waals surface area contributed by atoms with Crippen LogP contribution >= 0.6 is 0 Å². The number of ether oxygens (including phenoxy) is 1. The second-order valence-corrected chi connectivity index (χ2v) is 6.11. The highest BCUT2D eigenvalue weighted by Gasteiger charge is 2.15. The summed E-state index contributed by atoms with van der Waals surface area (Å²) in [5, 5.41) is 9.06. The minimum absolute atomic E-state index is 0.0758. The van der Waals surface area contributed by atoms with E-state index < -0.39 is 5.97 Å². The van der Waals surface area contributed by atoms with Gasteiger partial charge in [0.1, 0.15) is 11.4 Å². The molecule has 3 rings (SSSR count). The van der Waals surface area contributed by atoms with E-state index in [1.807, 2.05) is 53.9 Å². The minimum atomic E-state index is -0.809. The highest BCUT2D eigenvalue weighted by Crippen LogP contribution is 2.27. The number of rotatable bonds is 7. The summed E-state index contributed by atoms with van der Waals surface area (Å²) in [6.07, 6.45) is 3.43. The van der Waals surface area contributed by atoms with Gasteiger partial charge < -0.3 is 14.2 Å². The Labute approximate surface area is 146 Å². The molecule has 2 heterocycles. The van der Waals surface area contributed by atoms with Gasteiger partial charge in [0.25, 0.3) is 0 Å². The lowest BCUT2D eigenvalue weighted by molar-refractivity contribution is -0.136. The molecule has 0 radical (unpaired) electrons. The summed E-state index contributed by atoms with van der Waals surface area (Å²) in [6.45, 7) is 4.78. The van der Waals surface area contributed by atoms with Crippen LogP contribution in [0.25, 0.3) is 16.9 Å². The Morgan fingerprint density at radius 2 is 2.00 bits per heavy atom. The number of carboxylic acids is 1. The number of hydrogen-bond donors (Lipinski definition) is 1. The summed E-state index contributed by atoms with van der Waals surface area (Å²) in [4.78, 5) is 15.8. The predicted molar refractivity (Wildman–Crippen MR) is 97.1 cm³/mol. The Hall–Kier alpha value is -2.82. The fourth-order valence-corrected chi connectivity index (χ4v) is 2.82. The maximum absolute atomic E-state index is 11.0. The number of pyridine rings is 1. The van der Waals surface area contributed by atoms with Crippen LogP contribution in [0.2, 0.25) is 0 Å². The lowest BCUT2D eigenvalue weighted by Gasteiger charge is -2.07. The molecule has 0 spiro atoms. The van der Waals surface area contributed by atoms with Crippen molar-refractivity contribution in [3.8, 4) is 17.0 Å². The van der Waals surface area contributed by atoms with Gasteiger partial charge in [0, 0.05) is 18.2 Å². The maximum Gasteiger partial charge on any atom is 0.303 e.